The van der Waals surface area contributed by atoms with Crippen LogP contribution in [0.5, 0.6) is 0 Å². The first-order chi connectivity index (χ1) is 28.1. The fraction of sp³-hybridized carbons (Fsp3) is 0.565. The summed E-state index contributed by atoms with van der Waals surface area (Å²) in [7, 11) is -4.66. The minimum absolute atomic E-state index is 0.0733. The molecule has 4 atom stereocenters. The number of carbonyl (C=O) groups excluding carboxylic acids is 2. The van der Waals surface area contributed by atoms with Gasteiger partial charge in [-0.3, -0.25) is 18.6 Å². The van der Waals surface area contributed by atoms with Gasteiger partial charge in [-0.25, -0.2) is 4.57 Å². The highest BCUT2D eigenvalue weighted by Crippen LogP contribution is 2.43. The summed E-state index contributed by atoms with van der Waals surface area (Å²) < 4.78 is 32.5. The molecule has 0 rings (SSSR count). The minimum atomic E-state index is -4.66. The van der Waals surface area contributed by atoms with Gasteiger partial charge in [-0.1, -0.05) is 136 Å². The van der Waals surface area contributed by atoms with Gasteiger partial charge in [-0.05, 0) is 83.5 Å². The average molecular weight is 833 g/mol. The third-order valence-corrected chi connectivity index (χ3v) is 9.02. The van der Waals surface area contributed by atoms with E-state index in [9.17, 15) is 29.3 Å². The van der Waals surface area contributed by atoms with Gasteiger partial charge in [0, 0.05) is 12.8 Å². The van der Waals surface area contributed by atoms with Crippen LogP contribution in [-0.4, -0.2) is 76.9 Å². The van der Waals surface area contributed by atoms with Gasteiger partial charge in [0.05, 0.1) is 25.9 Å². The maximum Gasteiger partial charge on any atom is 0.472 e. The van der Waals surface area contributed by atoms with E-state index in [0.717, 1.165) is 44.9 Å². The summed E-state index contributed by atoms with van der Waals surface area (Å²) in [5, 5.41) is 27.8. The van der Waals surface area contributed by atoms with Gasteiger partial charge in [-0.2, -0.15) is 0 Å². The highest BCUT2D eigenvalue weighted by Gasteiger charge is 2.27. The smallest absolute Gasteiger partial charge is 0.462 e. The molecule has 0 amide bonds. The largest absolute Gasteiger partial charge is 0.472 e. The Morgan fingerprint density at radius 3 is 1.55 bits per heavy atom. The molecule has 0 aliphatic carbocycles. The number of phosphoric acid groups is 1. The van der Waals surface area contributed by atoms with Crippen molar-refractivity contribution in [3.8, 4) is 0 Å². The molecule has 1 unspecified atom stereocenters. The molecular formula is C46H73O11P. The van der Waals surface area contributed by atoms with Crippen LogP contribution in [0.25, 0.3) is 0 Å². The quantitative estimate of drug-likeness (QED) is 0.0155. The van der Waals surface area contributed by atoms with Crippen LogP contribution in [0.2, 0.25) is 0 Å². The Morgan fingerprint density at radius 1 is 0.586 bits per heavy atom. The lowest BCUT2D eigenvalue weighted by atomic mass is 10.2. The van der Waals surface area contributed by atoms with Crippen LogP contribution in [-0.2, 0) is 32.7 Å². The lowest BCUT2D eigenvalue weighted by Gasteiger charge is -2.20. The predicted octanol–water partition coefficient (Wildman–Crippen LogP) is 9.97. The van der Waals surface area contributed by atoms with Crippen molar-refractivity contribution in [1.82, 2.24) is 0 Å². The van der Waals surface area contributed by atoms with Crippen LogP contribution in [0.15, 0.2) is 109 Å². The standard InChI is InChI=1S/C46H73O11P/c1-3-5-6-7-8-9-10-11-12-13-14-18-21-24-27-30-33-36-45(50)54-40-44(41-56-58(52,53)55-39-43(49)38-47)57-46(51)37-34-31-28-25-22-19-16-15-17-20-23-26-29-32-35-42(48)4-2/h8-9,11-12,14,16-20,24-29,32,35,42-44,47-49H,3-7,10,13,15,21-23,30-31,33-34,36-41H2,1-2H3,(H,52,53)/b9-8-,12-11-,18-14-,19-16-,20-17-,27-24-,28-25-,29-26-,35-32+/t42-,43+,44-/m1/s1. The highest BCUT2D eigenvalue weighted by atomic mass is 31.2. The molecule has 328 valence electrons. The van der Waals surface area contributed by atoms with Crippen molar-refractivity contribution in [1.29, 1.82) is 0 Å². The molecule has 11 nitrogen and oxygen atoms in total. The molecule has 0 bridgehead atoms. The number of aliphatic hydroxyl groups is 3. The van der Waals surface area contributed by atoms with Gasteiger partial charge in [-0.15, -0.1) is 0 Å². The molecule has 58 heavy (non-hydrogen) atoms. The molecule has 0 fully saturated rings. The summed E-state index contributed by atoms with van der Waals surface area (Å²) in [5.41, 5.74) is 0. The third-order valence-electron chi connectivity index (χ3n) is 8.07. The average Bonchev–Trinajstić information content (AvgIpc) is 3.21. The fourth-order valence-electron chi connectivity index (χ4n) is 4.68. The molecule has 0 radical (unpaired) electrons. The molecule has 0 aromatic carbocycles. The second-order valence-corrected chi connectivity index (χ2v) is 14.9. The van der Waals surface area contributed by atoms with Crippen LogP contribution in [0, 0.1) is 0 Å². The number of esters is 2. The predicted molar refractivity (Wildman–Crippen MR) is 234 cm³/mol. The molecule has 0 saturated carbocycles. The van der Waals surface area contributed by atoms with E-state index < -0.39 is 57.9 Å². The lowest BCUT2D eigenvalue weighted by Crippen LogP contribution is -2.29. The van der Waals surface area contributed by atoms with E-state index in [1.54, 1.807) is 6.08 Å². The van der Waals surface area contributed by atoms with E-state index in [-0.39, 0.29) is 19.4 Å². The number of ether oxygens (including phenoxy) is 2. The Bertz CT molecular complexity index is 1340. The van der Waals surface area contributed by atoms with E-state index in [4.69, 9.17) is 19.1 Å². The number of allylic oxidation sites excluding steroid dienone is 17. The molecule has 0 aliphatic rings. The first kappa shape index (κ1) is 54.6. The maximum absolute atomic E-state index is 12.6. The van der Waals surface area contributed by atoms with Crippen molar-refractivity contribution >= 4 is 19.8 Å². The Morgan fingerprint density at radius 2 is 1.05 bits per heavy atom. The van der Waals surface area contributed by atoms with Crippen molar-refractivity contribution in [3.63, 3.8) is 0 Å². The summed E-state index contributed by atoms with van der Waals surface area (Å²) >= 11 is 0. The molecule has 12 heteroatoms. The van der Waals surface area contributed by atoms with Crippen LogP contribution in [0.4, 0.5) is 0 Å². The summed E-state index contributed by atoms with van der Waals surface area (Å²) in [6.07, 6.45) is 47.3. The highest BCUT2D eigenvalue weighted by molar-refractivity contribution is 7.47. The van der Waals surface area contributed by atoms with E-state index in [2.05, 4.69) is 72.2 Å². The number of carbonyl (C=O) groups is 2. The van der Waals surface area contributed by atoms with Gasteiger partial charge in [0.25, 0.3) is 0 Å². The molecule has 0 aromatic rings. The van der Waals surface area contributed by atoms with Gasteiger partial charge < -0.3 is 29.7 Å². The van der Waals surface area contributed by atoms with E-state index in [0.29, 0.717) is 32.1 Å². The summed E-state index contributed by atoms with van der Waals surface area (Å²) in [4.78, 5) is 34.9. The molecular weight excluding hydrogens is 759 g/mol. The summed E-state index contributed by atoms with van der Waals surface area (Å²) in [6, 6.07) is 0. The minimum Gasteiger partial charge on any atom is -0.462 e. The molecule has 0 heterocycles. The van der Waals surface area contributed by atoms with E-state index >= 15 is 0 Å². The number of unbranched alkanes of at least 4 members (excludes halogenated alkanes) is 5. The topological polar surface area (TPSA) is 169 Å². The molecule has 0 saturated heterocycles. The van der Waals surface area contributed by atoms with Crippen LogP contribution in [0.1, 0.15) is 123 Å². The zero-order valence-electron chi connectivity index (χ0n) is 35.1. The zero-order chi connectivity index (χ0) is 42.8. The number of phosphoric ester groups is 1. The third kappa shape index (κ3) is 39.4. The van der Waals surface area contributed by atoms with Crippen molar-refractivity contribution in [2.45, 2.75) is 141 Å². The summed E-state index contributed by atoms with van der Waals surface area (Å²) in [5.74, 6) is -1.09. The number of hydrogen-bond donors (Lipinski definition) is 4. The molecule has 4 N–H and O–H groups in total. The Hall–Kier alpha value is -3.41. The molecule has 0 spiro atoms. The monoisotopic (exact) mass is 832 g/mol. The van der Waals surface area contributed by atoms with E-state index in [1.165, 1.54) is 19.3 Å². The van der Waals surface area contributed by atoms with Crippen molar-refractivity contribution < 1.29 is 52.9 Å². The Labute approximate surface area is 348 Å². The SMILES string of the molecule is CCCCC/C=C\C/C=C\C/C=C\C/C=C\CCCC(=O)OC[C@H](COP(=O)(O)OC[C@@H](O)CO)OC(=O)CCC/C=C\C/C=C\C/C=C\C/C=C\C=C\[C@H](O)CC. The van der Waals surface area contributed by atoms with Crippen molar-refractivity contribution in [3.05, 3.63) is 109 Å². The summed E-state index contributed by atoms with van der Waals surface area (Å²) in [6.45, 7) is 1.85. The normalized spacial score (nSPS) is 15.5. The number of hydrogen-bond acceptors (Lipinski definition) is 10. The zero-order valence-corrected chi connectivity index (χ0v) is 36.0. The van der Waals surface area contributed by atoms with Crippen LogP contribution >= 0.6 is 7.82 Å². The fourth-order valence-corrected chi connectivity index (χ4v) is 5.47. The van der Waals surface area contributed by atoms with E-state index in [1.807, 2.05) is 49.5 Å². The first-order valence-corrected chi connectivity index (χ1v) is 22.4. The molecule has 0 aromatic heterocycles. The van der Waals surface area contributed by atoms with Crippen LogP contribution < -0.4 is 0 Å². The van der Waals surface area contributed by atoms with Crippen molar-refractivity contribution in [2.24, 2.45) is 0 Å². The number of aliphatic hydroxyl groups excluding tert-OH is 3. The second-order valence-electron chi connectivity index (χ2n) is 13.5. The first-order valence-electron chi connectivity index (χ1n) is 21.0. The molecule has 0 aliphatic heterocycles. The van der Waals surface area contributed by atoms with Gasteiger partial charge >= 0.3 is 19.8 Å². The lowest BCUT2D eigenvalue weighted by molar-refractivity contribution is -0.161. The van der Waals surface area contributed by atoms with Gasteiger partial charge in [0.1, 0.15) is 12.7 Å². The van der Waals surface area contributed by atoms with Crippen molar-refractivity contribution in [2.75, 3.05) is 26.4 Å². The van der Waals surface area contributed by atoms with Gasteiger partial charge in [0.15, 0.2) is 6.10 Å². The van der Waals surface area contributed by atoms with Gasteiger partial charge in [0.2, 0.25) is 0 Å². The Kier molecular flexibility index (Phi) is 38.0. The second kappa shape index (κ2) is 40.4. The Balaban J connectivity index is 4.56. The van der Waals surface area contributed by atoms with Crippen LogP contribution in [0.3, 0.4) is 0 Å². The number of rotatable bonds is 37. The maximum atomic E-state index is 12.6.